The van der Waals surface area contributed by atoms with Gasteiger partial charge >= 0.3 is 0 Å². The Bertz CT molecular complexity index is 360. The van der Waals surface area contributed by atoms with Gasteiger partial charge in [-0.05, 0) is 61.9 Å². The smallest absolute Gasteiger partial charge is 0.118 e. The van der Waals surface area contributed by atoms with Gasteiger partial charge in [0.05, 0.1) is 7.11 Å². The predicted octanol–water partition coefficient (Wildman–Crippen LogP) is 2.87. The minimum absolute atomic E-state index is 0.572. The van der Waals surface area contributed by atoms with Gasteiger partial charge < -0.3 is 10.1 Å². The number of hydrogen-bond donors (Lipinski definition) is 1. The van der Waals surface area contributed by atoms with Crippen LogP contribution in [0.4, 0.5) is 0 Å². The third-order valence-corrected chi connectivity index (χ3v) is 4.13. The Labute approximate surface area is 104 Å². The molecule has 1 fully saturated rings. The molecule has 1 aromatic rings. The summed E-state index contributed by atoms with van der Waals surface area (Å²) in [4.78, 5) is 0. The first-order valence-electron chi connectivity index (χ1n) is 6.45. The highest BCUT2D eigenvalue weighted by Gasteiger charge is 2.48. The van der Waals surface area contributed by atoms with Gasteiger partial charge in [-0.2, -0.15) is 0 Å². The number of methoxy groups -OCH3 is 1. The lowest BCUT2D eigenvalue weighted by molar-refractivity contribution is 0.414. The molecule has 2 rings (SSSR count). The summed E-state index contributed by atoms with van der Waals surface area (Å²) in [6.07, 6.45) is 3.86. The van der Waals surface area contributed by atoms with E-state index in [9.17, 15) is 0 Å². The van der Waals surface area contributed by atoms with Gasteiger partial charge in [0, 0.05) is 0 Å². The molecule has 1 N–H and O–H groups in total. The molecule has 0 aliphatic heterocycles. The molecule has 0 heterocycles. The average Bonchev–Trinajstić information content (AvgIpc) is 2.99. The summed E-state index contributed by atoms with van der Waals surface area (Å²) in [6, 6.07) is 8.46. The molecule has 0 spiro atoms. The summed E-state index contributed by atoms with van der Waals surface area (Å²) >= 11 is 0. The van der Waals surface area contributed by atoms with Crippen LogP contribution in [0.5, 0.6) is 5.75 Å². The van der Waals surface area contributed by atoms with Gasteiger partial charge in [-0.3, -0.25) is 0 Å². The van der Waals surface area contributed by atoms with Crippen LogP contribution in [0, 0.1) is 11.3 Å². The van der Waals surface area contributed by atoms with Crippen LogP contribution in [0.2, 0.25) is 0 Å². The maximum atomic E-state index is 5.17. The first-order chi connectivity index (χ1) is 8.18. The normalized spacial score (nSPS) is 26.9. The van der Waals surface area contributed by atoms with Crippen molar-refractivity contribution in [1.82, 2.24) is 5.32 Å². The van der Waals surface area contributed by atoms with E-state index < -0.39 is 0 Å². The lowest BCUT2D eigenvalue weighted by Crippen LogP contribution is -2.14. The SMILES string of the molecule is CNCC1CC1(C)CCc1ccc(OC)cc1. The molecule has 1 aliphatic rings. The molecule has 2 heteroatoms. The van der Waals surface area contributed by atoms with Crippen molar-refractivity contribution >= 4 is 0 Å². The summed E-state index contributed by atoms with van der Waals surface area (Å²) in [5.41, 5.74) is 1.99. The molecule has 1 saturated carbocycles. The van der Waals surface area contributed by atoms with Gasteiger partial charge in [0.2, 0.25) is 0 Å². The van der Waals surface area contributed by atoms with E-state index in [0.29, 0.717) is 5.41 Å². The van der Waals surface area contributed by atoms with Crippen molar-refractivity contribution in [2.75, 3.05) is 20.7 Å². The molecule has 17 heavy (non-hydrogen) atoms. The van der Waals surface area contributed by atoms with E-state index in [0.717, 1.165) is 11.7 Å². The fourth-order valence-electron chi connectivity index (χ4n) is 2.60. The molecule has 0 saturated heterocycles. The van der Waals surface area contributed by atoms with Crippen LogP contribution < -0.4 is 10.1 Å². The van der Waals surface area contributed by atoms with Gasteiger partial charge in [0.1, 0.15) is 5.75 Å². The molecule has 0 aromatic heterocycles. The maximum absolute atomic E-state index is 5.17. The van der Waals surface area contributed by atoms with E-state index in [2.05, 4.69) is 36.5 Å². The quantitative estimate of drug-likeness (QED) is 0.815. The second kappa shape index (κ2) is 5.09. The Kier molecular flexibility index (Phi) is 3.72. The van der Waals surface area contributed by atoms with E-state index in [1.807, 2.05) is 7.05 Å². The second-order valence-corrected chi connectivity index (χ2v) is 5.46. The predicted molar refractivity (Wildman–Crippen MR) is 71.5 cm³/mol. The first kappa shape index (κ1) is 12.4. The molecule has 0 bridgehead atoms. The Morgan fingerprint density at radius 2 is 2.06 bits per heavy atom. The summed E-state index contributed by atoms with van der Waals surface area (Å²) < 4.78 is 5.17. The van der Waals surface area contributed by atoms with Crippen LogP contribution in [0.1, 0.15) is 25.3 Å². The highest BCUT2D eigenvalue weighted by Crippen LogP contribution is 2.54. The van der Waals surface area contributed by atoms with Crippen molar-refractivity contribution < 1.29 is 4.74 Å². The zero-order valence-electron chi connectivity index (χ0n) is 11.1. The van der Waals surface area contributed by atoms with Crippen molar-refractivity contribution in [3.63, 3.8) is 0 Å². The van der Waals surface area contributed by atoms with Crippen LogP contribution in [0.15, 0.2) is 24.3 Å². The lowest BCUT2D eigenvalue weighted by atomic mass is 9.96. The van der Waals surface area contributed by atoms with E-state index in [1.165, 1.54) is 31.4 Å². The Morgan fingerprint density at radius 1 is 1.35 bits per heavy atom. The van der Waals surface area contributed by atoms with Crippen molar-refractivity contribution in [3.8, 4) is 5.75 Å². The molecule has 2 atom stereocenters. The Balaban J connectivity index is 1.82. The minimum Gasteiger partial charge on any atom is -0.497 e. The van der Waals surface area contributed by atoms with Gasteiger partial charge in [0.25, 0.3) is 0 Å². The van der Waals surface area contributed by atoms with E-state index in [-0.39, 0.29) is 0 Å². The topological polar surface area (TPSA) is 21.3 Å². The number of hydrogen-bond acceptors (Lipinski definition) is 2. The summed E-state index contributed by atoms with van der Waals surface area (Å²) in [6.45, 7) is 3.58. The number of aryl methyl sites for hydroxylation is 1. The van der Waals surface area contributed by atoms with Crippen molar-refractivity contribution in [2.45, 2.75) is 26.2 Å². The standard InChI is InChI=1S/C15H23NO/c1-15(10-13(15)11-16-2)9-8-12-4-6-14(17-3)7-5-12/h4-7,13,16H,8-11H2,1-3H3. The monoisotopic (exact) mass is 233 g/mol. The number of benzene rings is 1. The van der Waals surface area contributed by atoms with Gasteiger partial charge in [-0.15, -0.1) is 0 Å². The largest absolute Gasteiger partial charge is 0.497 e. The van der Waals surface area contributed by atoms with E-state index in [4.69, 9.17) is 4.74 Å². The molecular formula is C15H23NO. The molecule has 0 amide bonds. The lowest BCUT2D eigenvalue weighted by Gasteiger charge is -2.11. The Hall–Kier alpha value is -1.02. The van der Waals surface area contributed by atoms with Gasteiger partial charge in [-0.1, -0.05) is 19.1 Å². The second-order valence-electron chi connectivity index (χ2n) is 5.46. The number of rotatable bonds is 6. The van der Waals surface area contributed by atoms with E-state index >= 15 is 0 Å². The fraction of sp³-hybridized carbons (Fsp3) is 0.600. The molecule has 1 aliphatic carbocycles. The number of nitrogens with one attached hydrogen (secondary N) is 1. The zero-order chi connectivity index (χ0) is 12.3. The highest BCUT2D eigenvalue weighted by molar-refractivity contribution is 5.27. The Morgan fingerprint density at radius 3 is 2.65 bits per heavy atom. The van der Waals surface area contributed by atoms with Crippen LogP contribution in [-0.4, -0.2) is 20.7 Å². The van der Waals surface area contributed by atoms with Crippen LogP contribution in [0.3, 0.4) is 0 Å². The molecule has 1 aromatic carbocycles. The van der Waals surface area contributed by atoms with Crippen LogP contribution >= 0.6 is 0 Å². The third kappa shape index (κ3) is 3.01. The minimum atomic E-state index is 0.572. The molecule has 2 nitrogen and oxygen atoms in total. The van der Waals surface area contributed by atoms with Crippen molar-refractivity contribution in [3.05, 3.63) is 29.8 Å². The summed E-state index contributed by atoms with van der Waals surface area (Å²) in [7, 11) is 3.75. The van der Waals surface area contributed by atoms with Gasteiger partial charge in [-0.25, -0.2) is 0 Å². The highest BCUT2D eigenvalue weighted by atomic mass is 16.5. The maximum Gasteiger partial charge on any atom is 0.118 e. The molecule has 94 valence electrons. The zero-order valence-corrected chi connectivity index (χ0v) is 11.1. The summed E-state index contributed by atoms with van der Waals surface area (Å²) in [5.74, 6) is 1.82. The molecular weight excluding hydrogens is 210 g/mol. The fourth-order valence-corrected chi connectivity index (χ4v) is 2.60. The van der Waals surface area contributed by atoms with Gasteiger partial charge in [0.15, 0.2) is 0 Å². The van der Waals surface area contributed by atoms with Crippen molar-refractivity contribution in [2.24, 2.45) is 11.3 Å². The summed E-state index contributed by atoms with van der Waals surface area (Å²) in [5, 5.41) is 3.28. The number of ether oxygens (including phenoxy) is 1. The average molecular weight is 233 g/mol. The van der Waals surface area contributed by atoms with E-state index in [1.54, 1.807) is 7.11 Å². The molecule has 2 unspecified atom stereocenters. The third-order valence-electron chi connectivity index (χ3n) is 4.13. The van der Waals surface area contributed by atoms with Crippen molar-refractivity contribution in [1.29, 1.82) is 0 Å². The van der Waals surface area contributed by atoms with Crippen LogP contribution in [0.25, 0.3) is 0 Å². The first-order valence-corrected chi connectivity index (χ1v) is 6.45. The molecule has 0 radical (unpaired) electrons. The van der Waals surface area contributed by atoms with Crippen LogP contribution in [-0.2, 0) is 6.42 Å².